The van der Waals surface area contributed by atoms with E-state index in [0.717, 1.165) is 13.2 Å². The second-order valence-electron chi connectivity index (χ2n) is 3.87. The van der Waals surface area contributed by atoms with Gasteiger partial charge in [-0.15, -0.1) is 0 Å². The largest absolute Gasteiger partial charge is 0.361 e. The van der Waals surface area contributed by atoms with Gasteiger partial charge in [0.15, 0.2) is 0 Å². The minimum Gasteiger partial charge on any atom is -0.361 e. The number of hydrogen-bond donors (Lipinski definition) is 1. The van der Waals surface area contributed by atoms with Gasteiger partial charge in [-0.1, -0.05) is 19.8 Å². The average molecular weight is 185 g/mol. The van der Waals surface area contributed by atoms with E-state index < -0.39 is 0 Å². The van der Waals surface area contributed by atoms with Gasteiger partial charge >= 0.3 is 0 Å². The van der Waals surface area contributed by atoms with Crippen molar-refractivity contribution in [2.45, 2.75) is 58.1 Å². The molecule has 0 saturated heterocycles. The van der Waals surface area contributed by atoms with Crippen LogP contribution in [0.1, 0.15) is 52.4 Å². The zero-order valence-corrected chi connectivity index (χ0v) is 9.07. The molecule has 0 unspecified atom stereocenters. The summed E-state index contributed by atoms with van der Waals surface area (Å²) in [4.78, 5) is 0. The highest BCUT2D eigenvalue weighted by Gasteiger charge is 2.29. The maximum atomic E-state index is 5.88. The van der Waals surface area contributed by atoms with Crippen LogP contribution in [0.15, 0.2) is 0 Å². The summed E-state index contributed by atoms with van der Waals surface area (Å²) in [5, 5.41) is 3.52. The summed E-state index contributed by atoms with van der Waals surface area (Å²) in [6.07, 6.45) is 7.75. The molecule has 0 aliphatic heterocycles. The van der Waals surface area contributed by atoms with E-state index in [-0.39, 0.29) is 5.72 Å². The number of nitrogens with one attached hydrogen (secondary N) is 1. The first kappa shape index (κ1) is 11.0. The van der Waals surface area contributed by atoms with Crippen LogP contribution in [0.3, 0.4) is 0 Å². The van der Waals surface area contributed by atoms with Gasteiger partial charge < -0.3 is 4.74 Å². The van der Waals surface area contributed by atoms with E-state index >= 15 is 0 Å². The first-order valence-corrected chi connectivity index (χ1v) is 5.72. The quantitative estimate of drug-likeness (QED) is 0.537. The monoisotopic (exact) mass is 185 g/mol. The molecule has 1 aliphatic carbocycles. The fraction of sp³-hybridized carbons (Fsp3) is 1.00. The van der Waals surface area contributed by atoms with E-state index in [9.17, 15) is 0 Å². The fourth-order valence-corrected chi connectivity index (χ4v) is 2.27. The second kappa shape index (κ2) is 5.61. The molecule has 0 atom stereocenters. The molecule has 0 spiro atoms. The summed E-state index contributed by atoms with van der Waals surface area (Å²) < 4.78 is 5.88. The van der Waals surface area contributed by atoms with Crippen molar-refractivity contribution in [1.82, 2.24) is 5.32 Å². The van der Waals surface area contributed by atoms with Crippen molar-refractivity contribution in [2.75, 3.05) is 13.2 Å². The summed E-state index contributed by atoms with van der Waals surface area (Å²) in [6.45, 7) is 6.09. The van der Waals surface area contributed by atoms with Gasteiger partial charge in [0.05, 0.1) is 0 Å². The predicted molar refractivity (Wildman–Crippen MR) is 55.7 cm³/mol. The van der Waals surface area contributed by atoms with Crippen LogP contribution in [0.2, 0.25) is 0 Å². The van der Waals surface area contributed by atoms with Gasteiger partial charge in [0.25, 0.3) is 0 Å². The number of rotatable bonds is 4. The molecule has 0 bridgehead atoms. The van der Waals surface area contributed by atoms with Gasteiger partial charge in [0, 0.05) is 6.61 Å². The van der Waals surface area contributed by atoms with Crippen LogP contribution in [0.5, 0.6) is 0 Å². The van der Waals surface area contributed by atoms with Crippen LogP contribution in [0.25, 0.3) is 0 Å². The van der Waals surface area contributed by atoms with Crippen molar-refractivity contribution in [3.63, 3.8) is 0 Å². The third-order valence-corrected chi connectivity index (χ3v) is 2.83. The van der Waals surface area contributed by atoms with Crippen molar-refractivity contribution >= 4 is 0 Å². The van der Waals surface area contributed by atoms with Crippen molar-refractivity contribution < 1.29 is 4.74 Å². The molecule has 1 N–H and O–H groups in total. The summed E-state index contributed by atoms with van der Waals surface area (Å²) in [5.74, 6) is 0. The minimum absolute atomic E-state index is 0.0139. The van der Waals surface area contributed by atoms with Gasteiger partial charge in [0.2, 0.25) is 0 Å². The second-order valence-corrected chi connectivity index (χ2v) is 3.87. The van der Waals surface area contributed by atoms with E-state index in [1.165, 1.54) is 38.5 Å². The Morgan fingerprint density at radius 1 is 1.08 bits per heavy atom. The molecular weight excluding hydrogens is 162 g/mol. The Labute approximate surface area is 82.0 Å². The number of hydrogen-bond acceptors (Lipinski definition) is 2. The molecule has 0 radical (unpaired) electrons. The SMILES string of the molecule is CCNC1(OCC)CCCCCC1. The van der Waals surface area contributed by atoms with E-state index in [1.54, 1.807) is 0 Å². The Morgan fingerprint density at radius 3 is 2.15 bits per heavy atom. The van der Waals surface area contributed by atoms with Crippen molar-refractivity contribution in [1.29, 1.82) is 0 Å². The van der Waals surface area contributed by atoms with E-state index in [0.29, 0.717) is 0 Å². The lowest BCUT2D eigenvalue weighted by molar-refractivity contribution is -0.0748. The van der Waals surface area contributed by atoms with Crippen LogP contribution in [-0.2, 0) is 4.74 Å². The lowest BCUT2D eigenvalue weighted by atomic mass is 10.0. The molecule has 1 saturated carbocycles. The molecule has 78 valence electrons. The molecule has 1 aliphatic rings. The first-order chi connectivity index (χ1) is 6.33. The molecule has 0 aromatic carbocycles. The first-order valence-electron chi connectivity index (χ1n) is 5.72. The Morgan fingerprint density at radius 2 is 1.69 bits per heavy atom. The Kier molecular flexibility index (Phi) is 4.74. The number of ether oxygens (including phenoxy) is 1. The molecule has 13 heavy (non-hydrogen) atoms. The normalized spacial score (nSPS) is 22.6. The zero-order valence-electron chi connectivity index (χ0n) is 9.07. The maximum absolute atomic E-state index is 5.88. The highest BCUT2D eigenvalue weighted by molar-refractivity contribution is 4.80. The van der Waals surface area contributed by atoms with E-state index in [2.05, 4.69) is 19.2 Å². The average Bonchev–Trinajstić information content (AvgIpc) is 2.32. The van der Waals surface area contributed by atoms with Gasteiger partial charge in [0.1, 0.15) is 5.72 Å². The zero-order chi connectivity index (χ0) is 9.57. The smallest absolute Gasteiger partial charge is 0.119 e. The highest BCUT2D eigenvalue weighted by atomic mass is 16.5. The summed E-state index contributed by atoms with van der Waals surface area (Å²) >= 11 is 0. The van der Waals surface area contributed by atoms with Crippen LogP contribution >= 0.6 is 0 Å². The molecule has 1 fully saturated rings. The molecule has 2 heteroatoms. The summed E-state index contributed by atoms with van der Waals surface area (Å²) in [6, 6.07) is 0. The molecular formula is C11H23NO. The molecule has 0 amide bonds. The standard InChI is InChI=1S/C11H23NO/c1-3-12-11(13-4-2)9-7-5-6-8-10-11/h12H,3-10H2,1-2H3. The molecule has 0 aromatic heterocycles. The summed E-state index contributed by atoms with van der Waals surface area (Å²) in [5.41, 5.74) is 0.0139. The maximum Gasteiger partial charge on any atom is 0.119 e. The Bertz CT molecular complexity index is 120. The van der Waals surface area contributed by atoms with Gasteiger partial charge in [-0.25, -0.2) is 0 Å². The third-order valence-electron chi connectivity index (χ3n) is 2.83. The molecule has 1 rings (SSSR count). The van der Waals surface area contributed by atoms with Crippen molar-refractivity contribution in [3.8, 4) is 0 Å². The van der Waals surface area contributed by atoms with Gasteiger partial charge in [-0.2, -0.15) is 0 Å². The lowest BCUT2D eigenvalue weighted by Crippen LogP contribution is -2.47. The Hall–Kier alpha value is -0.0800. The fourth-order valence-electron chi connectivity index (χ4n) is 2.27. The van der Waals surface area contributed by atoms with Crippen LogP contribution < -0.4 is 5.32 Å². The van der Waals surface area contributed by atoms with Crippen molar-refractivity contribution in [2.24, 2.45) is 0 Å². The van der Waals surface area contributed by atoms with Gasteiger partial charge in [-0.05, 0) is 39.2 Å². The van der Waals surface area contributed by atoms with Crippen LogP contribution in [0, 0.1) is 0 Å². The summed E-state index contributed by atoms with van der Waals surface area (Å²) in [7, 11) is 0. The topological polar surface area (TPSA) is 21.3 Å². The predicted octanol–water partition coefficient (Wildman–Crippen LogP) is 2.68. The van der Waals surface area contributed by atoms with Crippen LogP contribution in [-0.4, -0.2) is 18.9 Å². The van der Waals surface area contributed by atoms with E-state index in [1.807, 2.05) is 0 Å². The lowest BCUT2D eigenvalue weighted by Gasteiger charge is -2.33. The molecule has 2 nitrogen and oxygen atoms in total. The van der Waals surface area contributed by atoms with Crippen LogP contribution in [0.4, 0.5) is 0 Å². The molecule has 0 heterocycles. The third kappa shape index (κ3) is 3.28. The molecule has 0 aromatic rings. The van der Waals surface area contributed by atoms with Crippen molar-refractivity contribution in [3.05, 3.63) is 0 Å². The van der Waals surface area contributed by atoms with Gasteiger partial charge in [-0.3, -0.25) is 5.32 Å². The minimum atomic E-state index is 0.0139. The highest BCUT2D eigenvalue weighted by Crippen LogP contribution is 2.27. The van der Waals surface area contributed by atoms with E-state index in [4.69, 9.17) is 4.74 Å². The Balaban J connectivity index is 2.50.